The van der Waals surface area contributed by atoms with Gasteiger partial charge < -0.3 is 10.2 Å². The lowest BCUT2D eigenvalue weighted by Crippen LogP contribution is -1.81. The molecule has 0 bridgehead atoms. The van der Waals surface area contributed by atoms with Crippen LogP contribution in [0.15, 0.2) is 0 Å². The molecule has 5 heteroatoms. The molecule has 0 aromatic heterocycles. The first-order valence-electron chi connectivity index (χ1n) is 2.24. The third-order valence-electron chi connectivity index (χ3n) is 0.628. The first-order valence-corrected chi connectivity index (χ1v) is 2.61. The topological polar surface area (TPSA) is 57.5 Å². The van der Waals surface area contributed by atoms with E-state index in [1.165, 1.54) is 0 Å². The van der Waals surface area contributed by atoms with Gasteiger partial charge in [-0.1, -0.05) is 11.6 Å². The highest BCUT2D eigenvalue weighted by Gasteiger charge is 2.40. The second kappa shape index (κ2) is 2.87. The van der Waals surface area contributed by atoms with E-state index in [-0.39, 0.29) is 0 Å². The van der Waals surface area contributed by atoms with Gasteiger partial charge in [0.1, 0.15) is 0 Å². The zero-order valence-electron chi connectivity index (χ0n) is 4.47. The van der Waals surface area contributed by atoms with Crippen LogP contribution in [0, 0.1) is 0 Å². The molecule has 1 aliphatic carbocycles. The number of hydrogen-bond donors (Lipinski definition) is 2. The van der Waals surface area contributed by atoms with Crippen LogP contribution in [-0.4, -0.2) is 21.5 Å². The molecular formula is C4H6ClFO3. The molecule has 0 unspecified atom stereocenters. The Kier molecular flexibility index (Phi) is 2.70. The van der Waals surface area contributed by atoms with Gasteiger partial charge in [-0.25, -0.2) is 9.18 Å². The standard InChI is InChI=1S/C3H4ClF.CH2O3/c4-3(5)1-2-3;2-1(3)4/h1-2H2;(H2,2,3,4). The van der Waals surface area contributed by atoms with Crippen molar-refractivity contribution >= 4 is 17.8 Å². The predicted octanol–water partition coefficient (Wildman–Crippen LogP) is 1.91. The third-order valence-corrected chi connectivity index (χ3v) is 1.01. The second-order valence-corrected chi connectivity index (χ2v) is 2.32. The van der Waals surface area contributed by atoms with Gasteiger partial charge in [-0.15, -0.1) is 0 Å². The van der Waals surface area contributed by atoms with Crippen LogP contribution in [-0.2, 0) is 0 Å². The Morgan fingerprint density at radius 1 is 1.56 bits per heavy atom. The van der Waals surface area contributed by atoms with Crippen LogP contribution in [0.3, 0.4) is 0 Å². The van der Waals surface area contributed by atoms with Crippen molar-refractivity contribution in [2.24, 2.45) is 0 Å². The average molecular weight is 157 g/mol. The predicted molar refractivity (Wildman–Crippen MR) is 29.6 cm³/mol. The van der Waals surface area contributed by atoms with E-state index in [0.29, 0.717) is 12.8 Å². The summed E-state index contributed by atoms with van der Waals surface area (Å²) >= 11 is 4.97. The summed E-state index contributed by atoms with van der Waals surface area (Å²) in [5.74, 6) is 0. The fraction of sp³-hybridized carbons (Fsp3) is 0.750. The molecule has 54 valence electrons. The summed E-state index contributed by atoms with van der Waals surface area (Å²) in [6.45, 7) is 0. The van der Waals surface area contributed by atoms with Crippen LogP contribution in [0.25, 0.3) is 0 Å². The highest BCUT2D eigenvalue weighted by Crippen LogP contribution is 2.43. The van der Waals surface area contributed by atoms with E-state index in [1.54, 1.807) is 0 Å². The minimum absolute atomic E-state index is 0.550. The highest BCUT2D eigenvalue weighted by atomic mass is 35.5. The van der Waals surface area contributed by atoms with Gasteiger partial charge in [0.15, 0.2) is 5.13 Å². The molecule has 0 aromatic carbocycles. The van der Waals surface area contributed by atoms with Gasteiger partial charge >= 0.3 is 6.16 Å². The zero-order valence-corrected chi connectivity index (χ0v) is 5.23. The minimum atomic E-state index is -1.83. The van der Waals surface area contributed by atoms with E-state index in [0.717, 1.165) is 0 Å². The van der Waals surface area contributed by atoms with E-state index in [1.807, 2.05) is 0 Å². The summed E-state index contributed by atoms with van der Waals surface area (Å²) in [4.78, 5) is 8.56. The first-order chi connectivity index (χ1) is 3.94. The molecule has 0 aromatic rings. The quantitative estimate of drug-likeness (QED) is 0.527. The Balaban J connectivity index is 0.000000148. The normalized spacial score (nSPS) is 19.3. The van der Waals surface area contributed by atoms with Gasteiger partial charge in [0, 0.05) is 0 Å². The SMILES string of the molecule is FC1(Cl)CC1.O=C(O)O. The number of carbonyl (C=O) groups is 1. The van der Waals surface area contributed by atoms with E-state index in [9.17, 15) is 4.39 Å². The molecule has 0 atom stereocenters. The number of halogens is 2. The zero-order chi connectivity index (χ0) is 7.49. The fourth-order valence-corrected chi connectivity index (χ4v) is 0.189. The largest absolute Gasteiger partial charge is 0.503 e. The van der Waals surface area contributed by atoms with E-state index >= 15 is 0 Å². The fourth-order valence-electron chi connectivity index (χ4n) is 0.0945. The van der Waals surface area contributed by atoms with Crippen LogP contribution in [0.2, 0.25) is 0 Å². The molecule has 0 aliphatic heterocycles. The molecule has 3 nitrogen and oxygen atoms in total. The molecule has 1 saturated carbocycles. The van der Waals surface area contributed by atoms with Crippen molar-refractivity contribution in [1.82, 2.24) is 0 Å². The molecule has 0 radical (unpaired) electrons. The van der Waals surface area contributed by atoms with E-state index in [2.05, 4.69) is 0 Å². The Morgan fingerprint density at radius 2 is 1.67 bits per heavy atom. The molecular weight excluding hydrogens is 150 g/mol. The molecule has 0 spiro atoms. The maximum atomic E-state index is 11.6. The minimum Gasteiger partial charge on any atom is -0.450 e. The Hall–Kier alpha value is -0.510. The summed E-state index contributed by atoms with van der Waals surface area (Å²) in [5, 5.41) is 12.7. The lowest BCUT2D eigenvalue weighted by atomic mass is 10.9. The Labute approximate surface area is 56.1 Å². The number of rotatable bonds is 0. The average Bonchev–Trinajstić information content (AvgIpc) is 2.16. The van der Waals surface area contributed by atoms with Crippen LogP contribution in [0.4, 0.5) is 9.18 Å². The van der Waals surface area contributed by atoms with Gasteiger partial charge in [-0.3, -0.25) is 0 Å². The van der Waals surface area contributed by atoms with Crippen LogP contribution >= 0.6 is 11.6 Å². The van der Waals surface area contributed by atoms with Gasteiger partial charge in [-0.2, -0.15) is 0 Å². The van der Waals surface area contributed by atoms with Crippen molar-refractivity contribution in [1.29, 1.82) is 0 Å². The smallest absolute Gasteiger partial charge is 0.450 e. The second-order valence-electron chi connectivity index (χ2n) is 1.64. The molecule has 1 fully saturated rings. The number of carboxylic acid groups (broad SMARTS) is 2. The van der Waals surface area contributed by atoms with E-state index in [4.69, 9.17) is 26.6 Å². The number of alkyl halides is 2. The summed E-state index contributed by atoms with van der Waals surface area (Å²) in [6, 6.07) is 0. The lowest BCUT2D eigenvalue weighted by molar-refractivity contribution is 0.137. The van der Waals surface area contributed by atoms with Crippen LogP contribution in [0.1, 0.15) is 12.8 Å². The summed E-state index contributed by atoms with van der Waals surface area (Å²) in [6.07, 6.45) is -0.733. The summed E-state index contributed by atoms with van der Waals surface area (Å²) < 4.78 is 11.6. The van der Waals surface area contributed by atoms with Gasteiger partial charge in [0.25, 0.3) is 0 Å². The van der Waals surface area contributed by atoms with Gasteiger partial charge in [-0.05, 0) is 12.8 Å². The van der Waals surface area contributed by atoms with Crippen molar-refractivity contribution < 1.29 is 19.4 Å². The molecule has 2 N–H and O–H groups in total. The van der Waals surface area contributed by atoms with Crippen molar-refractivity contribution in [2.45, 2.75) is 18.0 Å². The molecule has 1 aliphatic rings. The molecule has 9 heavy (non-hydrogen) atoms. The van der Waals surface area contributed by atoms with Crippen molar-refractivity contribution in [3.8, 4) is 0 Å². The maximum absolute atomic E-state index is 11.6. The van der Waals surface area contributed by atoms with Gasteiger partial charge in [0.05, 0.1) is 0 Å². The summed E-state index contributed by atoms with van der Waals surface area (Å²) in [7, 11) is 0. The molecule has 0 amide bonds. The highest BCUT2D eigenvalue weighted by molar-refractivity contribution is 6.24. The van der Waals surface area contributed by atoms with E-state index < -0.39 is 11.3 Å². The lowest BCUT2D eigenvalue weighted by Gasteiger charge is -1.77. The Morgan fingerprint density at radius 3 is 1.67 bits per heavy atom. The first kappa shape index (κ1) is 8.49. The van der Waals surface area contributed by atoms with Crippen LogP contribution < -0.4 is 0 Å². The summed E-state index contributed by atoms with van der Waals surface area (Å²) in [5.41, 5.74) is 0. The number of hydrogen-bond acceptors (Lipinski definition) is 1. The van der Waals surface area contributed by atoms with Crippen molar-refractivity contribution in [3.05, 3.63) is 0 Å². The maximum Gasteiger partial charge on any atom is 0.503 e. The molecule has 0 saturated heterocycles. The van der Waals surface area contributed by atoms with Crippen molar-refractivity contribution in [2.75, 3.05) is 0 Å². The van der Waals surface area contributed by atoms with Crippen molar-refractivity contribution in [3.63, 3.8) is 0 Å². The third kappa shape index (κ3) is 11.2. The van der Waals surface area contributed by atoms with Gasteiger partial charge in [0.2, 0.25) is 0 Å². The van der Waals surface area contributed by atoms with Crippen LogP contribution in [0.5, 0.6) is 0 Å². The molecule has 0 heterocycles. The Bertz CT molecular complexity index is 104. The molecule has 1 rings (SSSR count). The monoisotopic (exact) mass is 156 g/mol.